The first-order valence-corrected chi connectivity index (χ1v) is 6.00. The van der Waals surface area contributed by atoms with E-state index in [1.165, 1.54) is 6.33 Å². The molecule has 1 aromatic carbocycles. The normalized spacial score (nSPS) is 11.5. The number of alkyl halides is 3. The van der Waals surface area contributed by atoms with Gasteiger partial charge in [-0.25, -0.2) is 15.0 Å². The molecule has 3 nitrogen and oxygen atoms in total. The van der Waals surface area contributed by atoms with Gasteiger partial charge < -0.3 is 0 Å². The molecular formula is C10H5Cl4N3. The van der Waals surface area contributed by atoms with Crippen LogP contribution in [0.4, 0.5) is 0 Å². The first-order valence-electron chi connectivity index (χ1n) is 4.49. The van der Waals surface area contributed by atoms with E-state index >= 15 is 0 Å². The minimum Gasteiger partial charge on any atom is -0.217 e. The van der Waals surface area contributed by atoms with E-state index in [-0.39, 0.29) is 5.82 Å². The van der Waals surface area contributed by atoms with Gasteiger partial charge in [0, 0.05) is 10.6 Å². The lowest BCUT2D eigenvalue weighted by Crippen LogP contribution is -2.08. The van der Waals surface area contributed by atoms with Crippen molar-refractivity contribution in [1.82, 2.24) is 15.0 Å². The summed E-state index contributed by atoms with van der Waals surface area (Å²) in [5.74, 6) is 0.483. The maximum absolute atomic E-state index is 5.88. The number of halogens is 4. The Kier molecular flexibility index (Phi) is 3.73. The van der Waals surface area contributed by atoms with Gasteiger partial charge in [-0.15, -0.1) is 0 Å². The van der Waals surface area contributed by atoms with E-state index in [1.54, 1.807) is 18.2 Å². The number of rotatable bonds is 1. The summed E-state index contributed by atoms with van der Waals surface area (Å²) in [5.41, 5.74) is 0.732. The lowest BCUT2D eigenvalue weighted by molar-refractivity contribution is 0.924. The van der Waals surface area contributed by atoms with Gasteiger partial charge in [0.05, 0.1) is 0 Å². The largest absolute Gasteiger partial charge is 0.250 e. The lowest BCUT2D eigenvalue weighted by Gasteiger charge is -2.09. The van der Waals surface area contributed by atoms with Crippen molar-refractivity contribution in [2.45, 2.75) is 3.79 Å². The first-order chi connectivity index (χ1) is 7.97. The zero-order valence-electron chi connectivity index (χ0n) is 8.24. The third-order valence-corrected chi connectivity index (χ3v) is 2.65. The zero-order valence-corrected chi connectivity index (χ0v) is 11.3. The van der Waals surface area contributed by atoms with Crippen LogP contribution in [0.2, 0.25) is 5.02 Å². The van der Waals surface area contributed by atoms with Crippen molar-refractivity contribution in [3.8, 4) is 11.4 Å². The molecule has 0 unspecified atom stereocenters. The van der Waals surface area contributed by atoms with Gasteiger partial charge in [0.1, 0.15) is 6.33 Å². The molecule has 17 heavy (non-hydrogen) atoms. The van der Waals surface area contributed by atoms with Gasteiger partial charge in [0.15, 0.2) is 11.6 Å². The molecule has 0 spiro atoms. The second kappa shape index (κ2) is 4.94. The SMILES string of the molecule is Clc1cccc(-c2ncnc(C(Cl)(Cl)Cl)n2)c1. The van der Waals surface area contributed by atoms with Crippen LogP contribution in [-0.4, -0.2) is 15.0 Å². The Balaban J connectivity index is 2.47. The summed E-state index contributed by atoms with van der Waals surface area (Å²) in [7, 11) is 0. The van der Waals surface area contributed by atoms with Crippen molar-refractivity contribution < 1.29 is 0 Å². The number of aromatic nitrogens is 3. The average molecular weight is 309 g/mol. The Bertz CT molecular complexity index is 539. The van der Waals surface area contributed by atoms with Gasteiger partial charge >= 0.3 is 0 Å². The van der Waals surface area contributed by atoms with Crippen LogP contribution in [0.15, 0.2) is 30.6 Å². The average Bonchev–Trinajstić information content (AvgIpc) is 2.28. The van der Waals surface area contributed by atoms with E-state index in [4.69, 9.17) is 46.4 Å². The summed E-state index contributed by atoms with van der Waals surface area (Å²) in [4.78, 5) is 11.9. The van der Waals surface area contributed by atoms with E-state index in [0.29, 0.717) is 10.8 Å². The maximum Gasteiger partial charge on any atom is 0.250 e. The molecule has 0 N–H and O–H groups in total. The smallest absolute Gasteiger partial charge is 0.217 e. The number of hydrogen-bond acceptors (Lipinski definition) is 3. The van der Waals surface area contributed by atoms with Gasteiger partial charge in [-0.05, 0) is 12.1 Å². The third kappa shape index (κ3) is 3.19. The Morgan fingerprint density at radius 3 is 2.47 bits per heavy atom. The molecule has 88 valence electrons. The van der Waals surface area contributed by atoms with Crippen molar-refractivity contribution >= 4 is 46.4 Å². The molecule has 0 fully saturated rings. The van der Waals surface area contributed by atoms with Crippen LogP contribution in [0.25, 0.3) is 11.4 Å². The predicted octanol–water partition coefficient (Wildman–Crippen LogP) is 4.02. The maximum atomic E-state index is 5.88. The molecule has 0 saturated carbocycles. The molecule has 0 aliphatic rings. The second-order valence-electron chi connectivity index (χ2n) is 3.14. The van der Waals surface area contributed by atoms with E-state index < -0.39 is 3.79 Å². The van der Waals surface area contributed by atoms with Gasteiger partial charge in [0.25, 0.3) is 0 Å². The van der Waals surface area contributed by atoms with Crippen LogP contribution in [0.1, 0.15) is 5.82 Å². The minimum absolute atomic E-state index is 0.0764. The number of benzene rings is 1. The van der Waals surface area contributed by atoms with Crippen molar-refractivity contribution in [1.29, 1.82) is 0 Å². The monoisotopic (exact) mass is 307 g/mol. The Morgan fingerprint density at radius 1 is 1.06 bits per heavy atom. The standard InChI is InChI=1S/C10H5Cl4N3/c11-7-3-1-2-6(4-7)8-15-5-16-9(17-8)10(12,13)14/h1-5H. The van der Waals surface area contributed by atoms with Crippen molar-refractivity contribution in [2.75, 3.05) is 0 Å². The minimum atomic E-state index is -1.67. The van der Waals surface area contributed by atoms with Crippen LogP contribution < -0.4 is 0 Å². The van der Waals surface area contributed by atoms with Crippen LogP contribution in [0, 0.1) is 0 Å². The van der Waals surface area contributed by atoms with Crippen LogP contribution >= 0.6 is 46.4 Å². The molecule has 0 atom stereocenters. The summed E-state index contributed by atoms with van der Waals surface area (Å²) in [6.07, 6.45) is 1.29. The molecular weight excluding hydrogens is 304 g/mol. The second-order valence-corrected chi connectivity index (χ2v) is 5.86. The highest BCUT2D eigenvalue weighted by atomic mass is 35.6. The Hall–Kier alpha value is -0.610. The highest BCUT2D eigenvalue weighted by molar-refractivity contribution is 6.66. The summed E-state index contributed by atoms with van der Waals surface area (Å²) in [5, 5.41) is 0.582. The molecule has 0 saturated heterocycles. The summed E-state index contributed by atoms with van der Waals surface area (Å²) >= 11 is 23.0. The van der Waals surface area contributed by atoms with Gasteiger partial charge in [-0.1, -0.05) is 58.5 Å². The Labute approximate surface area is 118 Å². The predicted molar refractivity (Wildman–Crippen MR) is 69.5 cm³/mol. The van der Waals surface area contributed by atoms with E-state index in [2.05, 4.69) is 15.0 Å². The molecule has 0 aliphatic heterocycles. The van der Waals surface area contributed by atoms with Gasteiger partial charge in [-0.3, -0.25) is 0 Å². The van der Waals surface area contributed by atoms with E-state index in [1.807, 2.05) is 6.07 Å². The molecule has 7 heteroatoms. The van der Waals surface area contributed by atoms with Crippen LogP contribution in [0.3, 0.4) is 0 Å². The summed E-state index contributed by atoms with van der Waals surface area (Å²) in [6.45, 7) is 0. The fraction of sp³-hybridized carbons (Fsp3) is 0.100. The molecule has 0 bridgehead atoms. The first kappa shape index (κ1) is 12.8. The molecule has 2 rings (SSSR count). The molecule has 1 heterocycles. The molecule has 0 radical (unpaired) electrons. The molecule has 1 aromatic heterocycles. The fourth-order valence-corrected chi connectivity index (χ4v) is 1.66. The van der Waals surface area contributed by atoms with Crippen LogP contribution in [0.5, 0.6) is 0 Å². The lowest BCUT2D eigenvalue weighted by atomic mass is 10.2. The quantitative estimate of drug-likeness (QED) is 0.747. The van der Waals surface area contributed by atoms with Gasteiger partial charge in [0.2, 0.25) is 3.79 Å². The molecule has 0 aliphatic carbocycles. The number of nitrogens with zero attached hydrogens (tertiary/aromatic N) is 3. The van der Waals surface area contributed by atoms with E-state index in [0.717, 1.165) is 5.56 Å². The third-order valence-electron chi connectivity index (χ3n) is 1.91. The number of hydrogen-bond donors (Lipinski definition) is 0. The zero-order chi connectivity index (χ0) is 12.5. The van der Waals surface area contributed by atoms with Crippen LogP contribution in [-0.2, 0) is 3.79 Å². The highest BCUT2D eigenvalue weighted by Gasteiger charge is 2.27. The molecule has 2 aromatic rings. The topological polar surface area (TPSA) is 38.7 Å². The van der Waals surface area contributed by atoms with E-state index in [9.17, 15) is 0 Å². The fourth-order valence-electron chi connectivity index (χ4n) is 1.20. The summed E-state index contributed by atoms with van der Waals surface area (Å²) < 4.78 is -1.67. The Morgan fingerprint density at radius 2 is 1.82 bits per heavy atom. The van der Waals surface area contributed by atoms with Crippen molar-refractivity contribution in [2.24, 2.45) is 0 Å². The molecule has 0 amide bonds. The van der Waals surface area contributed by atoms with Crippen molar-refractivity contribution in [3.63, 3.8) is 0 Å². The highest BCUT2D eigenvalue weighted by Crippen LogP contribution is 2.36. The summed E-state index contributed by atoms with van der Waals surface area (Å²) in [6, 6.07) is 7.07. The van der Waals surface area contributed by atoms with Gasteiger partial charge in [-0.2, -0.15) is 0 Å². The van der Waals surface area contributed by atoms with Crippen molar-refractivity contribution in [3.05, 3.63) is 41.4 Å².